The molecule has 26 heavy (non-hydrogen) atoms. The van der Waals surface area contributed by atoms with Crippen LogP contribution in [-0.2, 0) is 14.6 Å². The van der Waals surface area contributed by atoms with Gasteiger partial charge < -0.3 is 10.1 Å². The number of nitrogens with zero attached hydrogens (tertiary/aromatic N) is 2. The molecule has 0 unspecified atom stereocenters. The van der Waals surface area contributed by atoms with Crippen LogP contribution < -0.4 is 5.32 Å². The molecule has 0 spiro atoms. The van der Waals surface area contributed by atoms with Gasteiger partial charge in [-0.25, -0.2) is 8.42 Å². The van der Waals surface area contributed by atoms with Gasteiger partial charge in [0.2, 0.25) is 0 Å². The predicted octanol–water partition coefficient (Wildman–Crippen LogP) is 1.91. The van der Waals surface area contributed by atoms with Crippen molar-refractivity contribution in [3.05, 3.63) is 28.3 Å². The van der Waals surface area contributed by atoms with Crippen molar-refractivity contribution < 1.29 is 18.1 Å². The number of nitro benzene ring substituents is 1. The summed E-state index contributed by atoms with van der Waals surface area (Å²) in [4.78, 5) is 13.2. The third-order valence-corrected chi connectivity index (χ3v) is 6.32. The van der Waals surface area contributed by atoms with E-state index in [0.717, 1.165) is 45.0 Å². The molecule has 0 saturated carbocycles. The SMILES string of the molecule is CS(=O)(=O)c1ccc(NC[C@@H]([C@H]2CCOC2)N2CCCC2)c([N+](=O)[O-])c1. The summed E-state index contributed by atoms with van der Waals surface area (Å²) < 4.78 is 28.9. The molecule has 2 aliphatic rings. The van der Waals surface area contributed by atoms with Gasteiger partial charge in [-0.3, -0.25) is 15.0 Å². The average Bonchev–Trinajstić information content (AvgIpc) is 3.28. The molecule has 2 saturated heterocycles. The highest BCUT2D eigenvalue weighted by Crippen LogP contribution is 2.29. The van der Waals surface area contributed by atoms with E-state index in [9.17, 15) is 18.5 Å². The first-order valence-electron chi connectivity index (χ1n) is 8.90. The molecule has 0 amide bonds. The maximum Gasteiger partial charge on any atom is 0.293 e. The molecular weight excluding hydrogens is 358 g/mol. The first-order valence-corrected chi connectivity index (χ1v) is 10.8. The van der Waals surface area contributed by atoms with Gasteiger partial charge in [-0.1, -0.05) is 0 Å². The van der Waals surface area contributed by atoms with Crippen molar-refractivity contribution in [1.82, 2.24) is 4.90 Å². The minimum Gasteiger partial charge on any atom is -0.381 e. The summed E-state index contributed by atoms with van der Waals surface area (Å²) in [6.07, 6.45) is 4.39. The Labute approximate surface area is 153 Å². The summed E-state index contributed by atoms with van der Waals surface area (Å²) in [5.74, 6) is 0.412. The number of hydrogen-bond donors (Lipinski definition) is 1. The fraction of sp³-hybridized carbons (Fsp3) is 0.647. The fourth-order valence-electron chi connectivity index (χ4n) is 3.78. The van der Waals surface area contributed by atoms with Gasteiger partial charge in [-0.15, -0.1) is 0 Å². The van der Waals surface area contributed by atoms with Crippen LogP contribution in [0.15, 0.2) is 23.1 Å². The average molecular weight is 383 g/mol. The molecule has 0 bridgehead atoms. The Kier molecular flexibility index (Phi) is 5.79. The van der Waals surface area contributed by atoms with E-state index < -0.39 is 14.8 Å². The number of ether oxygens (including phenoxy) is 1. The molecule has 1 aromatic rings. The number of likely N-dealkylation sites (tertiary alicyclic amines) is 1. The highest BCUT2D eigenvalue weighted by Gasteiger charge is 2.32. The molecule has 1 aromatic carbocycles. The Morgan fingerprint density at radius 1 is 1.38 bits per heavy atom. The third-order valence-electron chi connectivity index (χ3n) is 5.21. The Balaban J connectivity index is 1.79. The van der Waals surface area contributed by atoms with E-state index in [0.29, 0.717) is 18.2 Å². The smallest absolute Gasteiger partial charge is 0.293 e. The molecular formula is C17H25N3O5S. The van der Waals surface area contributed by atoms with Crippen LogP contribution in [0.1, 0.15) is 19.3 Å². The lowest BCUT2D eigenvalue weighted by Crippen LogP contribution is -2.44. The second kappa shape index (κ2) is 7.89. The molecule has 8 nitrogen and oxygen atoms in total. The largest absolute Gasteiger partial charge is 0.381 e. The number of hydrogen-bond acceptors (Lipinski definition) is 7. The molecule has 0 aliphatic carbocycles. The minimum absolute atomic E-state index is 0.0463. The summed E-state index contributed by atoms with van der Waals surface area (Å²) >= 11 is 0. The Morgan fingerprint density at radius 2 is 2.12 bits per heavy atom. The number of nitro groups is 1. The van der Waals surface area contributed by atoms with Crippen LogP contribution in [0.5, 0.6) is 0 Å². The standard InChI is InChI=1S/C17H25N3O5S/c1-26(23,24)14-4-5-15(16(10-14)20(21)22)18-11-17(13-6-9-25-12-13)19-7-2-3-8-19/h4-5,10,13,17-18H,2-3,6-9,11-12H2,1H3/t13-,17-/m0/s1. The van der Waals surface area contributed by atoms with E-state index in [1.165, 1.54) is 25.0 Å². The van der Waals surface area contributed by atoms with Crippen molar-refractivity contribution in [1.29, 1.82) is 0 Å². The molecule has 3 rings (SSSR count). The summed E-state index contributed by atoms with van der Waals surface area (Å²) in [6, 6.07) is 4.28. The van der Waals surface area contributed by atoms with Crippen LogP contribution in [0.2, 0.25) is 0 Å². The first kappa shape index (κ1) is 19.1. The summed E-state index contributed by atoms with van der Waals surface area (Å²) in [6.45, 7) is 4.14. The van der Waals surface area contributed by atoms with Crippen LogP contribution in [-0.4, -0.2) is 63.4 Å². The zero-order valence-corrected chi connectivity index (χ0v) is 15.7. The van der Waals surface area contributed by atoms with Crippen LogP contribution in [0.4, 0.5) is 11.4 Å². The molecule has 2 heterocycles. The number of anilines is 1. The second-order valence-corrected chi connectivity index (χ2v) is 9.04. The van der Waals surface area contributed by atoms with Gasteiger partial charge in [0.25, 0.3) is 5.69 Å². The van der Waals surface area contributed by atoms with Crippen molar-refractivity contribution in [2.45, 2.75) is 30.2 Å². The van der Waals surface area contributed by atoms with E-state index in [1.54, 1.807) is 0 Å². The maximum absolute atomic E-state index is 11.7. The van der Waals surface area contributed by atoms with E-state index in [4.69, 9.17) is 4.74 Å². The lowest BCUT2D eigenvalue weighted by Gasteiger charge is -2.32. The van der Waals surface area contributed by atoms with Crippen LogP contribution in [0.25, 0.3) is 0 Å². The van der Waals surface area contributed by atoms with Gasteiger partial charge in [-0.2, -0.15) is 0 Å². The Bertz CT molecular complexity index is 740. The van der Waals surface area contributed by atoms with E-state index in [-0.39, 0.29) is 16.6 Å². The molecule has 2 fully saturated rings. The first-order chi connectivity index (χ1) is 12.4. The van der Waals surface area contributed by atoms with Crippen molar-refractivity contribution in [2.75, 3.05) is 44.4 Å². The van der Waals surface area contributed by atoms with E-state index >= 15 is 0 Å². The van der Waals surface area contributed by atoms with Gasteiger partial charge in [-0.05, 0) is 44.5 Å². The molecule has 2 atom stereocenters. The molecule has 0 aromatic heterocycles. The molecule has 1 N–H and O–H groups in total. The molecule has 9 heteroatoms. The predicted molar refractivity (Wildman–Crippen MR) is 98.2 cm³/mol. The summed E-state index contributed by atoms with van der Waals surface area (Å²) in [7, 11) is -3.49. The molecule has 2 aliphatic heterocycles. The number of rotatable bonds is 7. The zero-order chi connectivity index (χ0) is 18.7. The van der Waals surface area contributed by atoms with Crippen molar-refractivity contribution in [2.24, 2.45) is 5.92 Å². The topological polar surface area (TPSA) is 102 Å². The van der Waals surface area contributed by atoms with Crippen molar-refractivity contribution >= 4 is 21.2 Å². The normalized spacial score (nSPS) is 22.4. The lowest BCUT2D eigenvalue weighted by molar-refractivity contribution is -0.384. The van der Waals surface area contributed by atoms with Crippen molar-refractivity contribution in [3.63, 3.8) is 0 Å². The molecule has 0 radical (unpaired) electrons. The summed E-state index contributed by atoms with van der Waals surface area (Å²) in [5, 5.41) is 14.6. The van der Waals surface area contributed by atoms with Gasteiger partial charge in [0, 0.05) is 37.4 Å². The van der Waals surface area contributed by atoms with Crippen LogP contribution >= 0.6 is 0 Å². The Morgan fingerprint density at radius 3 is 2.69 bits per heavy atom. The van der Waals surface area contributed by atoms with E-state index in [2.05, 4.69) is 10.2 Å². The highest BCUT2D eigenvalue weighted by atomic mass is 32.2. The van der Waals surface area contributed by atoms with Gasteiger partial charge in [0.1, 0.15) is 5.69 Å². The maximum atomic E-state index is 11.7. The van der Waals surface area contributed by atoms with Crippen molar-refractivity contribution in [3.8, 4) is 0 Å². The Hall–Kier alpha value is -1.71. The fourth-order valence-corrected chi connectivity index (χ4v) is 4.42. The lowest BCUT2D eigenvalue weighted by atomic mass is 9.97. The van der Waals surface area contributed by atoms with Gasteiger partial charge in [0.15, 0.2) is 9.84 Å². The van der Waals surface area contributed by atoms with Crippen LogP contribution in [0, 0.1) is 16.0 Å². The van der Waals surface area contributed by atoms with Crippen LogP contribution in [0.3, 0.4) is 0 Å². The second-order valence-electron chi connectivity index (χ2n) is 7.02. The summed E-state index contributed by atoms with van der Waals surface area (Å²) in [5.41, 5.74) is 0.140. The van der Waals surface area contributed by atoms with Gasteiger partial charge >= 0.3 is 0 Å². The number of nitrogens with one attached hydrogen (secondary N) is 1. The number of sulfone groups is 1. The quantitative estimate of drug-likeness (QED) is 0.567. The molecule has 144 valence electrons. The minimum atomic E-state index is -3.49. The monoisotopic (exact) mass is 383 g/mol. The number of benzene rings is 1. The zero-order valence-electron chi connectivity index (χ0n) is 14.9. The van der Waals surface area contributed by atoms with Gasteiger partial charge in [0.05, 0.1) is 16.4 Å². The van der Waals surface area contributed by atoms with E-state index in [1.807, 2.05) is 0 Å². The third kappa shape index (κ3) is 4.33. The highest BCUT2D eigenvalue weighted by molar-refractivity contribution is 7.90.